The van der Waals surface area contributed by atoms with Gasteiger partial charge in [0.2, 0.25) is 0 Å². The molecule has 1 heterocycles. The van der Waals surface area contributed by atoms with Gasteiger partial charge in [-0.2, -0.15) is 0 Å². The molecule has 12 heteroatoms. The van der Waals surface area contributed by atoms with Gasteiger partial charge in [-0.05, 0) is 112 Å². The van der Waals surface area contributed by atoms with E-state index in [1.807, 2.05) is 13.8 Å². The van der Waals surface area contributed by atoms with E-state index < -0.39 is 56.8 Å². The summed E-state index contributed by atoms with van der Waals surface area (Å²) >= 11 is 0. The van der Waals surface area contributed by atoms with Crippen molar-refractivity contribution in [2.75, 3.05) is 6.61 Å². The summed E-state index contributed by atoms with van der Waals surface area (Å²) in [6.07, 6.45) is 4.43. The fourth-order valence-electron chi connectivity index (χ4n) is 10.2. The molecule has 1 aliphatic heterocycles. The van der Waals surface area contributed by atoms with Gasteiger partial charge in [-0.15, -0.1) is 0 Å². The molecule has 45 heavy (non-hydrogen) atoms. The van der Waals surface area contributed by atoms with E-state index in [0.29, 0.717) is 47.8 Å². The summed E-state index contributed by atoms with van der Waals surface area (Å²) in [7, 11) is -4.96. The minimum Gasteiger partial charge on any atom is -0.756 e. The van der Waals surface area contributed by atoms with Crippen LogP contribution in [0.3, 0.4) is 0 Å². The van der Waals surface area contributed by atoms with Gasteiger partial charge in [-0.25, -0.2) is 0 Å². The van der Waals surface area contributed by atoms with Crippen molar-refractivity contribution in [1.82, 2.24) is 0 Å². The van der Waals surface area contributed by atoms with E-state index in [-0.39, 0.29) is 35.0 Å². The molecule has 5 rings (SSSR count). The number of phosphoric acid groups is 1. The number of aliphatic hydroxyl groups is 5. The van der Waals surface area contributed by atoms with Crippen LogP contribution in [0, 0.1) is 40.4 Å². The molecule has 4 aliphatic carbocycles. The summed E-state index contributed by atoms with van der Waals surface area (Å²) in [5.41, 5.74) is 1.01. The summed E-state index contributed by atoms with van der Waals surface area (Å²) in [5, 5.41) is 49.7. The summed E-state index contributed by atoms with van der Waals surface area (Å²) in [6, 6.07) is 0. The first-order valence-electron chi connectivity index (χ1n) is 16.9. The summed E-state index contributed by atoms with van der Waals surface area (Å²) in [4.78, 5) is 12.9. The van der Waals surface area contributed by atoms with Crippen LogP contribution in [0.4, 0.5) is 0 Å². The normalized spacial score (nSPS) is 45.3. The Morgan fingerprint density at radius 1 is 1.07 bits per heavy atom. The average Bonchev–Trinajstić information content (AvgIpc) is 3.30. The fourth-order valence-corrected chi connectivity index (χ4v) is 11.3. The molecule has 3 saturated carbocycles. The van der Waals surface area contributed by atoms with Crippen molar-refractivity contribution in [3.8, 4) is 0 Å². The molecule has 14 atom stereocenters. The van der Waals surface area contributed by atoms with Crippen molar-refractivity contribution in [1.29, 1.82) is 0 Å². The number of allylic oxidation sites excluding steroid dienone is 1. The maximum atomic E-state index is 12.9. The van der Waals surface area contributed by atoms with E-state index in [1.165, 1.54) is 31.3 Å². The van der Waals surface area contributed by atoms with E-state index in [9.17, 15) is 35.0 Å². The predicted octanol–water partition coefficient (Wildman–Crippen LogP) is 0.817. The van der Waals surface area contributed by atoms with Crippen LogP contribution in [0.15, 0.2) is 11.6 Å². The first kappa shape index (κ1) is 38.4. The van der Waals surface area contributed by atoms with Crippen molar-refractivity contribution in [2.45, 2.75) is 148 Å². The zero-order valence-electron chi connectivity index (χ0n) is 28.1. The van der Waals surface area contributed by atoms with Crippen molar-refractivity contribution >= 4 is 7.82 Å². The van der Waals surface area contributed by atoms with Crippen LogP contribution in [-0.4, -0.2) is 74.6 Å². The SMILES string of the molecule is C[C@H](CCCC(C)(C)O)[C@H]1CC[C@H]2[C@@H]3CC=C4C[C@@H](OP(=O)([O-])O[C@H]5O[C@H](CO)[C@@H](O)[C@H](O)[C@H]5O)CC[C@]4(C)[C@H]3CC[C@]12C.[Na+]. The Balaban J connectivity index is 0.00000461. The molecule has 1 unspecified atom stereocenters. The van der Waals surface area contributed by atoms with E-state index >= 15 is 0 Å². The second kappa shape index (κ2) is 14.5. The molecular weight excluding hydrogens is 610 g/mol. The number of phosphoric ester groups is 1. The minimum absolute atomic E-state index is 0. The topological polar surface area (TPSA) is 169 Å². The molecule has 0 aromatic rings. The average molecular weight is 667 g/mol. The van der Waals surface area contributed by atoms with Crippen LogP contribution in [0.5, 0.6) is 0 Å². The number of hydrogen-bond donors (Lipinski definition) is 5. The second-order valence-electron chi connectivity index (χ2n) is 15.9. The largest absolute Gasteiger partial charge is 1.00 e. The Bertz CT molecular complexity index is 1100. The standard InChI is InChI=1S/C33H57O10P.Na/c1-19(7-6-14-31(2,3)38)23-10-11-24-22-9-8-20-17-21(12-15-32(20,4)25(22)13-16-33(23,24)5)42-44(39,40)43-30-29(37)28(36)27(35)26(18-34)41-30;/h8,19,21-30,34-38H,6-7,9-18H2,1-5H3,(H,39,40);/q;+1/p-1/t19-,21+,22+,23-,24+,25+,26-,27-,28+,29-,30-,32+,33-;/m1./s1. The smallest absolute Gasteiger partial charge is 0.756 e. The zero-order chi connectivity index (χ0) is 32.2. The Labute approximate surface area is 291 Å². The van der Waals surface area contributed by atoms with Gasteiger partial charge < -0.3 is 39.7 Å². The van der Waals surface area contributed by atoms with E-state index in [1.54, 1.807) is 0 Å². The third kappa shape index (κ3) is 7.84. The number of fused-ring (bicyclic) bond motifs is 5. The summed E-state index contributed by atoms with van der Waals surface area (Å²) < 4.78 is 28.6. The molecule has 0 aromatic carbocycles. The molecule has 4 fully saturated rings. The molecule has 0 radical (unpaired) electrons. The van der Waals surface area contributed by atoms with Crippen LogP contribution in [0.2, 0.25) is 0 Å². The van der Waals surface area contributed by atoms with Gasteiger partial charge >= 0.3 is 29.6 Å². The van der Waals surface area contributed by atoms with Crippen LogP contribution in [-0.2, 0) is 18.3 Å². The Kier molecular flexibility index (Phi) is 12.3. The maximum Gasteiger partial charge on any atom is 1.00 e. The number of rotatable bonds is 10. The Morgan fingerprint density at radius 3 is 2.44 bits per heavy atom. The Morgan fingerprint density at radius 2 is 1.78 bits per heavy atom. The molecule has 1 saturated heterocycles. The molecule has 0 amide bonds. The molecular formula is C33H56NaO10P. The maximum absolute atomic E-state index is 12.9. The van der Waals surface area contributed by atoms with Gasteiger partial charge in [0.1, 0.15) is 24.4 Å². The predicted molar refractivity (Wildman–Crippen MR) is 162 cm³/mol. The molecule has 0 spiro atoms. The van der Waals surface area contributed by atoms with Crippen LogP contribution >= 0.6 is 7.82 Å². The number of hydrogen-bond acceptors (Lipinski definition) is 10. The quantitative estimate of drug-likeness (QED) is 0.128. The fraction of sp³-hybridized carbons (Fsp3) is 0.939. The van der Waals surface area contributed by atoms with E-state index in [4.69, 9.17) is 13.8 Å². The van der Waals surface area contributed by atoms with Gasteiger partial charge in [-0.3, -0.25) is 9.09 Å². The molecule has 0 bridgehead atoms. The third-order valence-corrected chi connectivity index (χ3v) is 13.6. The van der Waals surface area contributed by atoms with Crippen molar-refractivity contribution in [3.63, 3.8) is 0 Å². The monoisotopic (exact) mass is 666 g/mol. The zero-order valence-corrected chi connectivity index (χ0v) is 31.0. The summed E-state index contributed by atoms with van der Waals surface area (Å²) in [5.74, 6) is 3.26. The van der Waals surface area contributed by atoms with Gasteiger partial charge in [0.15, 0.2) is 6.29 Å². The minimum atomic E-state index is -4.96. The summed E-state index contributed by atoms with van der Waals surface area (Å²) in [6.45, 7) is 10.4. The molecule has 5 aliphatic rings. The van der Waals surface area contributed by atoms with Crippen LogP contribution in [0.25, 0.3) is 0 Å². The van der Waals surface area contributed by atoms with E-state index in [0.717, 1.165) is 32.1 Å². The van der Waals surface area contributed by atoms with Gasteiger partial charge in [-0.1, -0.05) is 45.3 Å². The first-order valence-corrected chi connectivity index (χ1v) is 18.4. The molecule has 10 nitrogen and oxygen atoms in total. The van der Waals surface area contributed by atoms with Crippen molar-refractivity contribution in [3.05, 3.63) is 11.6 Å². The Hall–Kier alpha value is 0.610. The first-order chi connectivity index (χ1) is 20.5. The molecule has 5 N–H and O–H groups in total. The van der Waals surface area contributed by atoms with Crippen molar-refractivity contribution < 1.29 is 78.3 Å². The van der Waals surface area contributed by atoms with Crippen LogP contribution < -0.4 is 34.5 Å². The van der Waals surface area contributed by atoms with E-state index in [2.05, 4.69) is 26.8 Å². The van der Waals surface area contributed by atoms with Crippen LogP contribution in [0.1, 0.15) is 105 Å². The van der Waals surface area contributed by atoms with Crippen molar-refractivity contribution in [2.24, 2.45) is 40.4 Å². The van der Waals surface area contributed by atoms with Gasteiger partial charge in [0, 0.05) is 0 Å². The molecule has 254 valence electrons. The molecule has 0 aromatic heterocycles. The van der Waals surface area contributed by atoms with Gasteiger partial charge in [0.05, 0.1) is 18.3 Å². The third-order valence-electron chi connectivity index (χ3n) is 12.6. The number of aliphatic hydroxyl groups excluding tert-OH is 4. The van der Waals surface area contributed by atoms with Gasteiger partial charge in [0.25, 0.3) is 7.82 Å². The number of ether oxygens (including phenoxy) is 1. The second-order valence-corrected chi connectivity index (χ2v) is 17.2.